The Labute approximate surface area is 125 Å². The van der Waals surface area contributed by atoms with E-state index in [9.17, 15) is 4.39 Å². The highest BCUT2D eigenvalue weighted by Crippen LogP contribution is 2.33. The number of aliphatic hydroxyl groups excluding tert-OH is 1. The van der Waals surface area contributed by atoms with Gasteiger partial charge in [0.25, 0.3) is 0 Å². The maximum Gasteiger partial charge on any atom is 0.165 e. The van der Waals surface area contributed by atoms with Crippen molar-refractivity contribution in [3.8, 4) is 5.75 Å². The third-order valence-corrected chi connectivity index (χ3v) is 4.48. The van der Waals surface area contributed by atoms with Gasteiger partial charge in [0.1, 0.15) is 0 Å². The molecule has 2 rings (SSSR count). The van der Waals surface area contributed by atoms with Crippen LogP contribution in [-0.2, 0) is 0 Å². The van der Waals surface area contributed by atoms with Crippen LogP contribution in [0.15, 0.2) is 18.2 Å². The Balaban J connectivity index is 2.05. The molecule has 1 atom stereocenters. The fourth-order valence-electron chi connectivity index (χ4n) is 3.23. The number of ether oxygens (including phenoxy) is 1. The van der Waals surface area contributed by atoms with Crippen molar-refractivity contribution >= 4 is 0 Å². The maximum absolute atomic E-state index is 13.9. The molecule has 0 radical (unpaired) electrons. The summed E-state index contributed by atoms with van der Waals surface area (Å²) in [6.07, 6.45) is 2.07. The van der Waals surface area contributed by atoms with E-state index in [2.05, 4.69) is 4.90 Å². The first-order valence-corrected chi connectivity index (χ1v) is 7.56. The standard InChI is InChI=1S/C16H25FN2O2/c1-21-16-3-2-13(10-15(16)17)14(11-18)12-4-6-19(7-5-12)8-9-20/h2-3,10,12,14,20H,4-9,11,18H2,1H3. The zero-order chi connectivity index (χ0) is 15.2. The van der Waals surface area contributed by atoms with Crippen LogP contribution in [0.2, 0.25) is 0 Å². The highest BCUT2D eigenvalue weighted by atomic mass is 19.1. The molecule has 1 fully saturated rings. The van der Waals surface area contributed by atoms with Gasteiger partial charge in [-0.15, -0.1) is 0 Å². The fraction of sp³-hybridized carbons (Fsp3) is 0.625. The molecule has 0 spiro atoms. The van der Waals surface area contributed by atoms with Crippen LogP contribution in [0.25, 0.3) is 0 Å². The van der Waals surface area contributed by atoms with Crippen molar-refractivity contribution in [1.82, 2.24) is 4.90 Å². The van der Waals surface area contributed by atoms with Crippen LogP contribution in [-0.4, -0.2) is 49.9 Å². The molecule has 1 unspecified atom stereocenters. The van der Waals surface area contributed by atoms with Crippen molar-refractivity contribution in [2.45, 2.75) is 18.8 Å². The van der Waals surface area contributed by atoms with Crippen molar-refractivity contribution in [3.05, 3.63) is 29.6 Å². The van der Waals surface area contributed by atoms with Gasteiger partial charge in [-0.2, -0.15) is 0 Å². The van der Waals surface area contributed by atoms with Gasteiger partial charge in [-0.05, 0) is 62.0 Å². The van der Waals surface area contributed by atoms with E-state index in [-0.39, 0.29) is 24.1 Å². The quantitative estimate of drug-likeness (QED) is 0.837. The molecule has 1 aromatic carbocycles. The number of halogens is 1. The molecule has 4 nitrogen and oxygen atoms in total. The summed E-state index contributed by atoms with van der Waals surface area (Å²) in [5.74, 6) is 0.595. The van der Waals surface area contributed by atoms with Crippen LogP contribution in [0.4, 0.5) is 4.39 Å². The molecule has 1 aliphatic heterocycles. The Morgan fingerprint density at radius 3 is 2.67 bits per heavy atom. The lowest BCUT2D eigenvalue weighted by Crippen LogP contribution is -2.38. The third-order valence-electron chi connectivity index (χ3n) is 4.48. The first kappa shape index (κ1) is 16.2. The van der Waals surface area contributed by atoms with E-state index in [4.69, 9.17) is 15.6 Å². The van der Waals surface area contributed by atoms with Crippen LogP contribution in [0, 0.1) is 11.7 Å². The molecule has 1 saturated heterocycles. The van der Waals surface area contributed by atoms with E-state index in [1.807, 2.05) is 6.07 Å². The smallest absolute Gasteiger partial charge is 0.165 e. The van der Waals surface area contributed by atoms with Crippen LogP contribution < -0.4 is 10.5 Å². The summed E-state index contributed by atoms with van der Waals surface area (Å²) in [5.41, 5.74) is 6.90. The Morgan fingerprint density at radius 2 is 2.14 bits per heavy atom. The van der Waals surface area contributed by atoms with Gasteiger partial charge in [-0.25, -0.2) is 4.39 Å². The predicted octanol–water partition coefficient (Wildman–Crippen LogP) is 1.58. The molecule has 0 amide bonds. The lowest BCUT2D eigenvalue weighted by atomic mass is 9.80. The molecule has 0 saturated carbocycles. The minimum absolute atomic E-state index is 0.182. The second kappa shape index (κ2) is 7.73. The van der Waals surface area contributed by atoms with E-state index in [0.29, 0.717) is 12.5 Å². The number of β-amino-alcohol motifs (C(OH)–C–C–N with tert-alkyl or cyclic N) is 1. The molecule has 0 bridgehead atoms. The molecule has 1 heterocycles. The normalized spacial score (nSPS) is 18.7. The van der Waals surface area contributed by atoms with E-state index in [0.717, 1.165) is 38.0 Å². The molecule has 5 heteroatoms. The topological polar surface area (TPSA) is 58.7 Å². The zero-order valence-electron chi connectivity index (χ0n) is 12.6. The predicted molar refractivity (Wildman–Crippen MR) is 81.0 cm³/mol. The van der Waals surface area contributed by atoms with Crippen LogP contribution in [0.5, 0.6) is 5.75 Å². The summed E-state index contributed by atoms with van der Waals surface area (Å²) < 4.78 is 18.8. The van der Waals surface area contributed by atoms with Crippen molar-refractivity contribution < 1.29 is 14.2 Å². The molecule has 21 heavy (non-hydrogen) atoms. The monoisotopic (exact) mass is 296 g/mol. The number of nitrogens with two attached hydrogens (primary N) is 1. The Morgan fingerprint density at radius 1 is 1.43 bits per heavy atom. The molecule has 118 valence electrons. The number of methoxy groups -OCH3 is 1. The summed E-state index contributed by atoms with van der Waals surface area (Å²) in [6.45, 7) is 3.41. The number of rotatable bonds is 6. The molecule has 0 aliphatic carbocycles. The second-order valence-electron chi connectivity index (χ2n) is 5.64. The highest BCUT2D eigenvalue weighted by molar-refractivity contribution is 5.32. The summed E-state index contributed by atoms with van der Waals surface area (Å²) in [4.78, 5) is 2.26. The second-order valence-corrected chi connectivity index (χ2v) is 5.64. The van der Waals surface area contributed by atoms with Gasteiger partial charge in [-0.1, -0.05) is 6.07 Å². The maximum atomic E-state index is 13.9. The first-order valence-electron chi connectivity index (χ1n) is 7.56. The largest absolute Gasteiger partial charge is 0.494 e. The number of hydrogen-bond donors (Lipinski definition) is 2. The number of piperidine rings is 1. The average Bonchev–Trinajstić information content (AvgIpc) is 2.50. The third kappa shape index (κ3) is 3.93. The van der Waals surface area contributed by atoms with Gasteiger partial charge in [0.2, 0.25) is 0 Å². The van der Waals surface area contributed by atoms with E-state index < -0.39 is 0 Å². The summed E-state index contributed by atoms with van der Waals surface area (Å²) in [5, 5.41) is 8.98. The van der Waals surface area contributed by atoms with Gasteiger partial charge in [0, 0.05) is 6.54 Å². The fourth-order valence-corrected chi connectivity index (χ4v) is 3.23. The Hall–Kier alpha value is -1.17. The van der Waals surface area contributed by atoms with Crippen LogP contribution in [0.1, 0.15) is 24.3 Å². The Kier molecular flexibility index (Phi) is 5.96. The summed E-state index contributed by atoms with van der Waals surface area (Å²) in [7, 11) is 1.47. The van der Waals surface area contributed by atoms with Gasteiger partial charge in [-0.3, -0.25) is 0 Å². The minimum Gasteiger partial charge on any atom is -0.494 e. The molecule has 1 aliphatic rings. The number of hydrogen-bond acceptors (Lipinski definition) is 4. The van der Waals surface area contributed by atoms with Crippen LogP contribution >= 0.6 is 0 Å². The Bertz CT molecular complexity index is 448. The van der Waals surface area contributed by atoms with E-state index >= 15 is 0 Å². The number of likely N-dealkylation sites (tertiary alicyclic amines) is 1. The molecular weight excluding hydrogens is 271 g/mol. The van der Waals surface area contributed by atoms with Gasteiger partial charge in [0.05, 0.1) is 13.7 Å². The number of aliphatic hydroxyl groups is 1. The average molecular weight is 296 g/mol. The minimum atomic E-state index is -0.328. The number of nitrogens with zero attached hydrogens (tertiary/aromatic N) is 1. The van der Waals surface area contributed by atoms with E-state index in [1.165, 1.54) is 7.11 Å². The van der Waals surface area contributed by atoms with Crippen molar-refractivity contribution in [3.63, 3.8) is 0 Å². The zero-order valence-corrected chi connectivity index (χ0v) is 12.6. The van der Waals surface area contributed by atoms with Crippen molar-refractivity contribution in [1.29, 1.82) is 0 Å². The first-order chi connectivity index (χ1) is 10.2. The van der Waals surface area contributed by atoms with Gasteiger partial charge >= 0.3 is 0 Å². The molecule has 0 aromatic heterocycles. The number of benzene rings is 1. The SMILES string of the molecule is COc1ccc(C(CN)C2CCN(CCO)CC2)cc1F. The lowest BCUT2D eigenvalue weighted by Gasteiger charge is -2.35. The molecule has 3 N–H and O–H groups in total. The summed E-state index contributed by atoms with van der Waals surface area (Å²) >= 11 is 0. The highest BCUT2D eigenvalue weighted by Gasteiger charge is 2.27. The van der Waals surface area contributed by atoms with Gasteiger partial charge < -0.3 is 20.5 Å². The van der Waals surface area contributed by atoms with Gasteiger partial charge in [0.15, 0.2) is 11.6 Å². The molecule has 1 aromatic rings. The molecular formula is C16H25FN2O2. The summed E-state index contributed by atoms with van der Waals surface area (Å²) in [6, 6.07) is 5.14. The van der Waals surface area contributed by atoms with E-state index in [1.54, 1.807) is 12.1 Å². The van der Waals surface area contributed by atoms with Crippen molar-refractivity contribution in [2.75, 3.05) is 39.9 Å². The van der Waals surface area contributed by atoms with Crippen LogP contribution in [0.3, 0.4) is 0 Å². The van der Waals surface area contributed by atoms with Crippen molar-refractivity contribution in [2.24, 2.45) is 11.7 Å². The lowest BCUT2D eigenvalue weighted by molar-refractivity contribution is 0.138.